The lowest BCUT2D eigenvalue weighted by molar-refractivity contribution is 0.784. The van der Waals surface area contributed by atoms with Crippen molar-refractivity contribution < 1.29 is 0 Å². The molecule has 1 aromatic heterocycles. The van der Waals surface area contributed by atoms with Gasteiger partial charge in [-0.2, -0.15) is 0 Å². The van der Waals surface area contributed by atoms with E-state index in [1.54, 1.807) is 0 Å². The lowest BCUT2D eigenvalue weighted by Crippen LogP contribution is -2.34. The van der Waals surface area contributed by atoms with Gasteiger partial charge in [-0.15, -0.1) is 0 Å². The average molecular weight is 212 g/mol. The Morgan fingerprint density at radius 2 is 2.06 bits per heavy atom. The van der Waals surface area contributed by atoms with Crippen molar-refractivity contribution in [3.05, 3.63) is 48.3 Å². The summed E-state index contributed by atoms with van der Waals surface area (Å²) in [5.41, 5.74) is 9.69. The minimum atomic E-state index is 0.676. The van der Waals surface area contributed by atoms with Crippen molar-refractivity contribution in [3.8, 4) is 0 Å². The highest BCUT2D eigenvalue weighted by molar-refractivity contribution is 5.80. The quantitative estimate of drug-likeness (QED) is 0.749. The molecular formula is C12H12N4. The summed E-state index contributed by atoms with van der Waals surface area (Å²) in [6, 6.07) is 12.1. The maximum absolute atomic E-state index is 5.66. The predicted octanol–water partition coefficient (Wildman–Crippen LogP) is 1.36. The molecule has 0 aliphatic carbocycles. The van der Waals surface area contributed by atoms with Gasteiger partial charge in [-0.1, -0.05) is 18.2 Å². The van der Waals surface area contributed by atoms with E-state index in [4.69, 9.17) is 5.73 Å². The molecule has 1 aromatic carbocycles. The van der Waals surface area contributed by atoms with E-state index in [9.17, 15) is 0 Å². The van der Waals surface area contributed by atoms with Crippen LogP contribution in [0.15, 0.2) is 48.3 Å². The van der Waals surface area contributed by atoms with Crippen LogP contribution in [-0.2, 0) is 0 Å². The monoisotopic (exact) mass is 212 g/mol. The molecular weight excluding hydrogens is 200 g/mol. The molecule has 0 saturated carbocycles. The molecule has 2 aromatic rings. The molecule has 4 heteroatoms. The van der Waals surface area contributed by atoms with Crippen molar-refractivity contribution in [3.63, 3.8) is 0 Å². The molecule has 3 N–H and O–H groups in total. The number of nitrogens with zero attached hydrogens (tertiary/aromatic N) is 2. The van der Waals surface area contributed by atoms with Gasteiger partial charge in [0.15, 0.2) is 0 Å². The van der Waals surface area contributed by atoms with Crippen molar-refractivity contribution in [2.45, 2.75) is 0 Å². The van der Waals surface area contributed by atoms with E-state index >= 15 is 0 Å². The Bertz CT molecular complexity index is 562. The van der Waals surface area contributed by atoms with Gasteiger partial charge in [0.05, 0.1) is 12.1 Å². The van der Waals surface area contributed by atoms with Gasteiger partial charge in [0.25, 0.3) is 0 Å². The van der Waals surface area contributed by atoms with Gasteiger partial charge in [0.1, 0.15) is 11.6 Å². The van der Waals surface area contributed by atoms with Gasteiger partial charge in [0, 0.05) is 5.39 Å². The second-order valence-corrected chi connectivity index (χ2v) is 3.74. The molecule has 1 aliphatic rings. The zero-order chi connectivity index (χ0) is 11.0. The van der Waals surface area contributed by atoms with Crippen molar-refractivity contribution in [2.24, 2.45) is 5.73 Å². The summed E-state index contributed by atoms with van der Waals surface area (Å²) < 4.78 is 0. The molecule has 2 heterocycles. The highest BCUT2D eigenvalue weighted by Crippen LogP contribution is 2.18. The van der Waals surface area contributed by atoms with Crippen LogP contribution < -0.4 is 16.2 Å². The third kappa shape index (κ3) is 1.44. The highest BCUT2D eigenvalue weighted by atomic mass is 15.6. The molecule has 4 nitrogen and oxygen atoms in total. The van der Waals surface area contributed by atoms with Crippen LogP contribution in [0.1, 0.15) is 0 Å². The minimum Gasteiger partial charge on any atom is -0.384 e. The lowest BCUT2D eigenvalue weighted by Gasteiger charge is -2.18. The van der Waals surface area contributed by atoms with E-state index < -0.39 is 0 Å². The molecule has 0 amide bonds. The fraction of sp³-hybridized carbons (Fsp3) is 0.0833. The molecule has 0 unspecified atom stereocenters. The molecule has 0 spiro atoms. The second kappa shape index (κ2) is 3.41. The van der Waals surface area contributed by atoms with Gasteiger partial charge in [-0.05, 0) is 24.3 Å². The Hall–Kier alpha value is -2.23. The Morgan fingerprint density at radius 1 is 1.19 bits per heavy atom. The third-order valence-corrected chi connectivity index (χ3v) is 2.62. The van der Waals surface area contributed by atoms with E-state index in [-0.39, 0.29) is 0 Å². The summed E-state index contributed by atoms with van der Waals surface area (Å²) in [4.78, 5) is 4.57. The fourth-order valence-corrected chi connectivity index (χ4v) is 1.79. The summed E-state index contributed by atoms with van der Waals surface area (Å²) in [6.45, 7) is 0.747. The van der Waals surface area contributed by atoms with Crippen LogP contribution in [0.5, 0.6) is 0 Å². The molecule has 3 rings (SSSR count). The molecule has 0 saturated heterocycles. The van der Waals surface area contributed by atoms with Crippen molar-refractivity contribution in [2.75, 3.05) is 11.6 Å². The number of benzene rings is 1. The Labute approximate surface area is 93.4 Å². The Morgan fingerprint density at radius 3 is 2.88 bits per heavy atom. The molecule has 0 atom stereocenters. The number of aromatic nitrogens is 1. The minimum absolute atomic E-state index is 0.676. The van der Waals surface area contributed by atoms with E-state index in [0.29, 0.717) is 5.82 Å². The van der Waals surface area contributed by atoms with Gasteiger partial charge in [-0.3, -0.25) is 10.4 Å². The van der Waals surface area contributed by atoms with E-state index in [1.807, 2.05) is 35.4 Å². The standard InChI is InChI=1S/C12H12N4/c13-11-7-8-16(15-11)12-6-5-9-3-1-2-4-10(9)14-12/h1-7,15H,8,13H2. The van der Waals surface area contributed by atoms with Gasteiger partial charge in [0.2, 0.25) is 0 Å². The van der Waals surface area contributed by atoms with Crippen molar-refractivity contribution >= 4 is 16.7 Å². The number of rotatable bonds is 1. The SMILES string of the molecule is NC1=CCN(c2ccc3ccccc3n2)N1. The molecule has 1 aliphatic heterocycles. The van der Waals surface area contributed by atoms with Gasteiger partial charge < -0.3 is 5.73 Å². The van der Waals surface area contributed by atoms with Crippen LogP contribution in [-0.4, -0.2) is 11.5 Å². The zero-order valence-corrected chi connectivity index (χ0v) is 8.72. The second-order valence-electron chi connectivity index (χ2n) is 3.74. The highest BCUT2D eigenvalue weighted by Gasteiger charge is 2.12. The third-order valence-electron chi connectivity index (χ3n) is 2.62. The summed E-state index contributed by atoms with van der Waals surface area (Å²) in [7, 11) is 0. The number of anilines is 1. The number of fused-ring (bicyclic) bond motifs is 1. The first-order valence-corrected chi connectivity index (χ1v) is 5.18. The van der Waals surface area contributed by atoms with Crippen LogP contribution in [0, 0.1) is 0 Å². The number of nitrogens with one attached hydrogen (secondary N) is 1. The van der Waals surface area contributed by atoms with Crippen LogP contribution >= 0.6 is 0 Å². The molecule has 80 valence electrons. The van der Waals surface area contributed by atoms with E-state index in [2.05, 4.69) is 22.5 Å². The first-order chi connectivity index (χ1) is 7.83. The summed E-state index contributed by atoms with van der Waals surface area (Å²) in [5, 5.41) is 3.06. The largest absolute Gasteiger partial charge is 0.384 e. The summed E-state index contributed by atoms with van der Waals surface area (Å²) in [6.07, 6.45) is 1.93. The van der Waals surface area contributed by atoms with Gasteiger partial charge >= 0.3 is 0 Å². The summed E-state index contributed by atoms with van der Waals surface area (Å²) >= 11 is 0. The van der Waals surface area contributed by atoms with Crippen molar-refractivity contribution in [1.29, 1.82) is 0 Å². The Kier molecular flexibility index (Phi) is 1.93. The van der Waals surface area contributed by atoms with E-state index in [1.165, 1.54) is 0 Å². The van der Waals surface area contributed by atoms with E-state index in [0.717, 1.165) is 23.3 Å². The van der Waals surface area contributed by atoms with Gasteiger partial charge in [-0.25, -0.2) is 4.98 Å². The number of nitrogens with two attached hydrogens (primary N) is 1. The lowest BCUT2D eigenvalue weighted by atomic mass is 10.2. The van der Waals surface area contributed by atoms with Crippen LogP contribution in [0.3, 0.4) is 0 Å². The molecule has 0 bridgehead atoms. The maximum Gasteiger partial charge on any atom is 0.148 e. The van der Waals surface area contributed by atoms with Crippen LogP contribution in [0.4, 0.5) is 5.82 Å². The molecule has 0 fully saturated rings. The number of hydrogen-bond donors (Lipinski definition) is 2. The molecule has 16 heavy (non-hydrogen) atoms. The smallest absolute Gasteiger partial charge is 0.148 e. The fourth-order valence-electron chi connectivity index (χ4n) is 1.79. The summed E-state index contributed by atoms with van der Waals surface area (Å²) in [5.74, 6) is 1.56. The van der Waals surface area contributed by atoms with Crippen LogP contribution in [0.25, 0.3) is 10.9 Å². The van der Waals surface area contributed by atoms with Crippen molar-refractivity contribution in [1.82, 2.24) is 10.4 Å². The predicted molar refractivity (Wildman–Crippen MR) is 64.5 cm³/mol. The topological polar surface area (TPSA) is 54.2 Å². The number of hydrogen-bond acceptors (Lipinski definition) is 4. The average Bonchev–Trinajstić information content (AvgIpc) is 2.75. The normalized spacial score (nSPS) is 15.0. The first-order valence-electron chi connectivity index (χ1n) is 5.18. The number of pyridine rings is 1. The zero-order valence-electron chi connectivity index (χ0n) is 8.72. The number of para-hydroxylation sites is 1. The van der Waals surface area contributed by atoms with Crippen LogP contribution in [0.2, 0.25) is 0 Å². The molecule has 0 radical (unpaired) electrons. The Balaban J connectivity index is 1.99. The first kappa shape index (κ1) is 9.03. The maximum atomic E-state index is 5.66. The number of hydrazine groups is 1.